The molecule has 3 heteroatoms. The molecule has 1 heterocycles. The normalized spacial score (nSPS) is 17.1. The first-order valence-corrected chi connectivity index (χ1v) is 5.81. The van der Waals surface area contributed by atoms with Gasteiger partial charge in [-0.2, -0.15) is 0 Å². The van der Waals surface area contributed by atoms with Gasteiger partial charge in [-0.25, -0.2) is 0 Å². The quantitative estimate of drug-likeness (QED) is 0.836. The molecule has 0 amide bonds. The first kappa shape index (κ1) is 13.3. The third-order valence-electron chi connectivity index (χ3n) is 3.13. The molecule has 1 N–H and O–H groups in total. The van der Waals surface area contributed by atoms with Crippen molar-refractivity contribution < 1.29 is 9.15 Å². The number of hydrogen-bond donors (Lipinski definition) is 1. The van der Waals surface area contributed by atoms with Crippen LogP contribution < -0.4 is 5.32 Å². The van der Waals surface area contributed by atoms with Crippen molar-refractivity contribution in [2.45, 2.75) is 52.8 Å². The third-order valence-corrected chi connectivity index (χ3v) is 3.13. The molecule has 0 aliphatic heterocycles. The monoisotopic (exact) mass is 225 g/mol. The van der Waals surface area contributed by atoms with E-state index in [1.165, 1.54) is 5.56 Å². The van der Waals surface area contributed by atoms with Crippen molar-refractivity contribution in [1.82, 2.24) is 5.32 Å². The molecule has 0 aromatic carbocycles. The van der Waals surface area contributed by atoms with Gasteiger partial charge in [-0.1, -0.05) is 0 Å². The van der Waals surface area contributed by atoms with Crippen LogP contribution in [0.2, 0.25) is 0 Å². The van der Waals surface area contributed by atoms with E-state index in [1.54, 1.807) is 7.11 Å². The Labute approximate surface area is 98.2 Å². The Balaban J connectivity index is 2.65. The van der Waals surface area contributed by atoms with Crippen LogP contribution >= 0.6 is 0 Å². The third kappa shape index (κ3) is 3.09. The number of aryl methyl sites for hydroxylation is 2. The van der Waals surface area contributed by atoms with Gasteiger partial charge in [0.25, 0.3) is 0 Å². The number of rotatable bonds is 5. The zero-order chi connectivity index (χ0) is 12.3. The molecular weight excluding hydrogens is 202 g/mol. The summed E-state index contributed by atoms with van der Waals surface area (Å²) in [6.45, 7) is 10.3. The molecule has 3 unspecified atom stereocenters. The van der Waals surface area contributed by atoms with Crippen molar-refractivity contribution >= 4 is 0 Å². The van der Waals surface area contributed by atoms with Crippen LogP contribution in [0.15, 0.2) is 10.5 Å². The second-order valence-electron chi connectivity index (χ2n) is 4.49. The fourth-order valence-corrected chi connectivity index (χ4v) is 1.90. The van der Waals surface area contributed by atoms with E-state index in [-0.39, 0.29) is 12.1 Å². The van der Waals surface area contributed by atoms with Crippen LogP contribution in [0, 0.1) is 13.8 Å². The minimum Gasteiger partial charge on any atom is -0.466 e. The van der Waals surface area contributed by atoms with Gasteiger partial charge >= 0.3 is 0 Å². The zero-order valence-corrected chi connectivity index (χ0v) is 11.1. The predicted molar refractivity (Wildman–Crippen MR) is 65.7 cm³/mol. The van der Waals surface area contributed by atoms with Crippen molar-refractivity contribution in [1.29, 1.82) is 0 Å². The Morgan fingerprint density at radius 3 is 2.31 bits per heavy atom. The van der Waals surface area contributed by atoms with E-state index in [9.17, 15) is 0 Å². The van der Waals surface area contributed by atoms with E-state index in [0.29, 0.717) is 6.04 Å². The molecule has 1 aromatic heterocycles. The Kier molecular flexibility index (Phi) is 4.56. The summed E-state index contributed by atoms with van der Waals surface area (Å²) in [5.41, 5.74) is 1.23. The van der Waals surface area contributed by atoms with Crippen LogP contribution in [0.25, 0.3) is 0 Å². The summed E-state index contributed by atoms with van der Waals surface area (Å²) in [6, 6.07) is 2.69. The number of hydrogen-bond acceptors (Lipinski definition) is 3. The fraction of sp³-hybridized carbons (Fsp3) is 0.692. The van der Waals surface area contributed by atoms with Gasteiger partial charge in [0.1, 0.15) is 11.5 Å². The Morgan fingerprint density at radius 2 is 1.88 bits per heavy atom. The number of methoxy groups -OCH3 is 1. The summed E-state index contributed by atoms with van der Waals surface area (Å²) in [7, 11) is 1.74. The van der Waals surface area contributed by atoms with Crippen LogP contribution in [0.3, 0.4) is 0 Å². The molecule has 0 fully saturated rings. The average molecular weight is 225 g/mol. The molecule has 1 aromatic rings. The van der Waals surface area contributed by atoms with E-state index >= 15 is 0 Å². The second-order valence-corrected chi connectivity index (χ2v) is 4.49. The van der Waals surface area contributed by atoms with Gasteiger partial charge in [0.2, 0.25) is 0 Å². The molecule has 0 aliphatic rings. The summed E-state index contributed by atoms with van der Waals surface area (Å²) in [4.78, 5) is 0. The highest BCUT2D eigenvalue weighted by Crippen LogP contribution is 2.21. The first-order chi connectivity index (χ1) is 7.45. The molecule has 0 radical (unpaired) electrons. The van der Waals surface area contributed by atoms with Crippen molar-refractivity contribution in [2.75, 3.05) is 7.11 Å². The minimum atomic E-state index is 0.204. The lowest BCUT2D eigenvalue weighted by atomic mass is 10.1. The van der Waals surface area contributed by atoms with Gasteiger partial charge in [-0.15, -0.1) is 0 Å². The number of furan rings is 1. The van der Waals surface area contributed by atoms with Gasteiger partial charge in [0, 0.05) is 24.8 Å². The average Bonchev–Trinajstić information content (AvgIpc) is 2.56. The zero-order valence-electron chi connectivity index (χ0n) is 11.1. The van der Waals surface area contributed by atoms with Crippen molar-refractivity contribution in [3.8, 4) is 0 Å². The topological polar surface area (TPSA) is 34.4 Å². The van der Waals surface area contributed by atoms with Crippen LogP contribution in [0.1, 0.15) is 43.9 Å². The molecule has 0 saturated heterocycles. The highest BCUT2D eigenvalue weighted by molar-refractivity contribution is 5.23. The van der Waals surface area contributed by atoms with Gasteiger partial charge in [-0.3, -0.25) is 0 Å². The van der Waals surface area contributed by atoms with Crippen molar-refractivity contribution in [2.24, 2.45) is 0 Å². The molecule has 92 valence electrons. The van der Waals surface area contributed by atoms with E-state index in [4.69, 9.17) is 9.15 Å². The first-order valence-electron chi connectivity index (χ1n) is 5.81. The van der Waals surface area contributed by atoms with E-state index in [2.05, 4.69) is 32.2 Å². The standard InChI is InChI=1S/C13H23NO2/c1-8-7-13(12(5)16-8)10(3)14-9(2)11(4)15-6/h7,9-11,14H,1-6H3. The summed E-state index contributed by atoms with van der Waals surface area (Å²) < 4.78 is 10.8. The maximum Gasteiger partial charge on any atom is 0.105 e. The Bertz CT molecular complexity index is 333. The summed E-state index contributed by atoms with van der Waals surface area (Å²) in [5.74, 6) is 1.96. The number of nitrogens with one attached hydrogen (secondary N) is 1. The van der Waals surface area contributed by atoms with E-state index < -0.39 is 0 Å². The smallest absolute Gasteiger partial charge is 0.105 e. The summed E-state index contributed by atoms with van der Waals surface area (Å²) >= 11 is 0. The predicted octanol–water partition coefficient (Wildman–Crippen LogP) is 2.97. The lowest BCUT2D eigenvalue weighted by molar-refractivity contribution is 0.0851. The SMILES string of the molecule is COC(C)C(C)NC(C)c1cc(C)oc1C. The minimum absolute atomic E-state index is 0.204. The van der Waals surface area contributed by atoms with Crippen LogP contribution in [0.5, 0.6) is 0 Å². The number of ether oxygens (including phenoxy) is 1. The molecule has 0 spiro atoms. The van der Waals surface area contributed by atoms with Crippen LogP contribution in [-0.2, 0) is 4.74 Å². The lowest BCUT2D eigenvalue weighted by Gasteiger charge is -2.24. The van der Waals surface area contributed by atoms with Gasteiger partial charge in [0.15, 0.2) is 0 Å². The van der Waals surface area contributed by atoms with Crippen LogP contribution in [0.4, 0.5) is 0 Å². The highest BCUT2D eigenvalue weighted by Gasteiger charge is 2.17. The molecule has 16 heavy (non-hydrogen) atoms. The van der Waals surface area contributed by atoms with Gasteiger partial charge < -0.3 is 14.5 Å². The molecule has 0 bridgehead atoms. The summed E-state index contributed by atoms with van der Waals surface area (Å²) in [5, 5.41) is 3.52. The molecule has 0 aliphatic carbocycles. The Morgan fingerprint density at radius 1 is 1.25 bits per heavy atom. The largest absolute Gasteiger partial charge is 0.466 e. The van der Waals surface area contributed by atoms with Crippen LogP contribution in [-0.4, -0.2) is 19.3 Å². The van der Waals surface area contributed by atoms with E-state index in [1.807, 2.05) is 13.8 Å². The molecular formula is C13H23NO2. The lowest BCUT2D eigenvalue weighted by Crippen LogP contribution is -2.38. The van der Waals surface area contributed by atoms with Crippen molar-refractivity contribution in [3.05, 3.63) is 23.2 Å². The highest BCUT2D eigenvalue weighted by atomic mass is 16.5. The van der Waals surface area contributed by atoms with Gasteiger partial charge in [-0.05, 0) is 40.7 Å². The molecule has 1 rings (SSSR count). The van der Waals surface area contributed by atoms with Crippen molar-refractivity contribution in [3.63, 3.8) is 0 Å². The summed E-state index contributed by atoms with van der Waals surface area (Å²) in [6.07, 6.45) is 0.204. The molecule has 3 atom stereocenters. The maximum absolute atomic E-state index is 5.53. The fourth-order valence-electron chi connectivity index (χ4n) is 1.90. The van der Waals surface area contributed by atoms with Gasteiger partial charge in [0.05, 0.1) is 6.10 Å². The maximum atomic E-state index is 5.53. The second kappa shape index (κ2) is 5.51. The Hall–Kier alpha value is -0.800. The van der Waals surface area contributed by atoms with E-state index in [0.717, 1.165) is 11.5 Å². The molecule has 0 saturated carbocycles. The molecule has 3 nitrogen and oxygen atoms in total.